The maximum atomic E-state index is 13.9. The van der Waals surface area contributed by atoms with Crippen LogP contribution in [0.1, 0.15) is 56.6 Å². The molecule has 1 fully saturated rings. The Labute approximate surface area is 240 Å². The Balaban J connectivity index is 1.97. The first kappa shape index (κ1) is 30.5. The van der Waals surface area contributed by atoms with Crippen LogP contribution in [-0.2, 0) is 26.2 Å². The van der Waals surface area contributed by atoms with Gasteiger partial charge in [0.25, 0.3) is 0 Å². The third-order valence-corrected chi connectivity index (χ3v) is 9.00. The van der Waals surface area contributed by atoms with Crippen LogP contribution in [0.25, 0.3) is 0 Å². The predicted octanol–water partition coefficient (Wildman–Crippen LogP) is 5.98. The van der Waals surface area contributed by atoms with Crippen LogP contribution in [0.15, 0.2) is 36.4 Å². The molecule has 38 heavy (non-hydrogen) atoms. The first-order valence-electron chi connectivity index (χ1n) is 12.7. The number of rotatable bonds is 10. The minimum Gasteiger partial charge on any atom is -0.352 e. The molecule has 0 saturated heterocycles. The van der Waals surface area contributed by atoms with E-state index in [1.807, 2.05) is 6.92 Å². The Bertz CT molecular complexity index is 1270. The normalized spacial score (nSPS) is 15.1. The SMILES string of the molecule is CC[C@H](C(=O)NC1CCCCC1)N(Cc1ccc(Cl)cc1Cl)C(=O)CN(c1cccc(Cl)c1C)S(C)(=O)=O. The van der Waals surface area contributed by atoms with E-state index in [4.69, 9.17) is 34.8 Å². The lowest BCUT2D eigenvalue weighted by Crippen LogP contribution is -2.54. The highest BCUT2D eigenvalue weighted by atomic mass is 35.5. The molecule has 7 nitrogen and oxygen atoms in total. The van der Waals surface area contributed by atoms with E-state index in [0.29, 0.717) is 38.3 Å². The van der Waals surface area contributed by atoms with E-state index in [9.17, 15) is 18.0 Å². The zero-order chi connectivity index (χ0) is 28.0. The molecule has 0 radical (unpaired) electrons. The lowest BCUT2D eigenvalue weighted by atomic mass is 9.95. The van der Waals surface area contributed by atoms with Crippen LogP contribution in [0.4, 0.5) is 5.69 Å². The highest BCUT2D eigenvalue weighted by Crippen LogP contribution is 2.29. The number of anilines is 1. The molecule has 0 unspecified atom stereocenters. The van der Waals surface area contributed by atoms with Crippen LogP contribution in [-0.4, -0.2) is 50.0 Å². The fourth-order valence-electron chi connectivity index (χ4n) is 4.76. The second-order valence-corrected chi connectivity index (χ2v) is 12.8. The number of sulfonamides is 1. The zero-order valence-electron chi connectivity index (χ0n) is 21.8. The van der Waals surface area contributed by atoms with Gasteiger partial charge in [0.15, 0.2) is 0 Å². The summed E-state index contributed by atoms with van der Waals surface area (Å²) >= 11 is 18.8. The van der Waals surface area contributed by atoms with Crippen molar-refractivity contribution in [2.24, 2.45) is 0 Å². The van der Waals surface area contributed by atoms with Gasteiger partial charge in [0.1, 0.15) is 12.6 Å². The average Bonchev–Trinajstić information content (AvgIpc) is 2.85. The molecule has 1 aliphatic rings. The lowest BCUT2D eigenvalue weighted by molar-refractivity contribution is -0.140. The molecule has 0 heterocycles. The van der Waals surface area contributed by atoms with Gasteiger partial charge in [-0.05, 0) is 61.6 Å². The number of carbonyl (C=O) groups is 2. The minimum absolute atomic E-state index is 0.0115. The minimum atomic E-state index is -3.86. The third kappa shape index (κ3) is 7.78. The standard InChI is InChI=1S/C27H34Cl3N3O4S/c1-4-24(27(35)31-21-9-6-5-7-10-21)32(16-19-13-14-20(28)15-23(19)30)26(34)17-33(38(3,36)37)25-12-8-11-22(29)18(25)2/h8,11-15,21,24H,4-7,9-10,16-17H2,1-3H3,(H,31,35)/t24-/m1/s1. The second-order valence-electron chi connectivity index (χ2n) is 9.68. The molecule has 3 rings (SSSR count). The maximum absolute atomic E-state index is 13.9. The van der Waals surface area contributed by atoms with Crippen LogP contribution in [0.5, 0.6) is 0 Å². The number of nitrogens with one attached hydrogen (secondary N) is 1. The van der Waals surface area contributed by atoms with Gasteiger partial charge in [-0.25, -0.2) is 8.42 Å². The molecule has 2 amide bonds. The fraction of sp³-hybridized carbons (Fsp3) is 0.481. The van der Waals surface area contributed by atoms with Gasteiger partial charge in [-0.15, -0.1) is 0 Å². The molecule has 0 bridgehead atoms. The molecule has 0 aromatic heterocycles. The van der Waals surface area contributed by atoms with Crippen LogP contribution in [0, 0.1) is 6.92 Å². The van der Waals surface area contributed by atoms with Gasteiger partial charge >= 0.3 is 0 Å². The summed E-state index contributed by atoms with van der Waals surface area (Å²) in [5.74, 6) is -0.797. The molecule has 1 saturated carbocycles. The predicted molar refractivity (Wildman–Crippen MR) is 154 cm³/mol. The average molecular weight is 603 g/mol. The lowest BCUT2D eigenvalue weighted by Gasteiger charge is -2.34. The molecule has 1 aliphatic carbocycles. The van der Waals surface area contributed by atoms with Crippen molar-refractivity contribution in [3.05, 3.63) is 62.6 Å². The number of amides is 2. The highest BCUT2D eigenvalue weighted by Gasteiger charge is 2.33. The molecule has 2 aromatic carbocycles. The number of hydrogen-bond acceptors (Lipinski definition) is 4. The topological polar surface area (TPSA) is 86.8 Å². The molecule has 208 valence electrons. The van der Waals surface area contributed by atoms with Gasteiger partial charge in [0, 0.05) is 27.7 Å². The number of benzene rings is 2. The van der Waals surface area contributed by atoms with E-state index < -0.39 is 28.5 Å². The van der Waals surface area contributed by atoms with E-state index in [-0.39, 0.29) is 18.5 Å². The molecular weight excluding hydrogens is 569 g/mol. The Morgan fingerprint density at radius 1 is 1.05 bits per heavy atom. The first-order valence-corrected chi connectivity index (χ1v) is 15.7. The summed E-state index contributed by atoms with van der Waals surface area (Å²) in [5.41, 5.74) is 1.43. The van der Waals surface area contributed by atoms with Crippen LogP contribution in [0.3, 0.4) is 0 Å². The highest BCUT2D eigenvalue weighted by molar-refractivity contribution is 7.92. The fourth-order valence-corrected chi connectivity index (χ4v) is 6.30. The van der Waals surface area contributed by atoms with Gasteiger partial charge in [0.05, 0.1) is 11.9 Å². The van der Waals surface area contributed by atoms with Crippen molar-refractivity contribution in [1.82, 2.24) is 10.2 Å². The summed E-state index contributed by atoms with van der Waals surface area (Å²) in [6.07, 6.45) is 6.41. The number of hydrogen-bond donors (Lipinski definition) is 1. The van der Waals surface area contributed by atoms with E-state index in [2.05, 4.69) is 5.32 Å². The number of carbonyl (C=O) groups excluding carboxylic acids is 2. The number of halogens is 3. The summed E-state index contributed by atoms with van der Waals surface area (Å²) in [6.45, 7) is 3.03. The van der Waals surface area contributed by atoms with E-state index >= 15 is 0 Å². The summed E-state index contributed by atoms with van der Waals surface area (Å²) < 4.78 is 26.7. The van der Waals surface area contributed by atoms with Gasteiger partial charge in [-0.2, -0.15) is 0 Å². The van der Waals surface area contributed by atoms with Gasteiger partial charge in [-0.3, -0.25) is 13.9 Å². The molecular formula is C27H34Cl3N3O4S. The third-order valence-electron chi connectivity index (χ3n) is 6.88. The molecule has 0 spiro atoms. The molecule has 2 aromatic rings. The number of nitrogens with zero attached hydrogens (tertiary/aromatic N) is 2. The van der Waals surface area contributed by atoms with Gasteiger partial charge < -0.3 is 10.2 Å². The Morgan fingerprint density at radius 2 is 1.74 bits per heavy atom. The van der Waals surface area contributed by atoms with Crippen molar-refractivity contribution in [1.29, 1.82) is 0 Å². The van der Waals surface area contributed by atoms with Crippen molar-refractivity contribution in [3.63, 3.8) is 0 Å². The Hall–Kier alpha value is -2.00. The molecule has 11 heteroatoms. The van der Waals surface area contributed by atoms with Crippen molar-refractivity contribution in [2.45, 2.75) is 71.0 Å². The van der Waals surface area contributed by atoms with Crippen molar-refractivity contribution in [3.8, 4) is 0 Å². The quantitative estimate of drug-likeness (QED) is 0.363. The summed E-state index contributed by atoms with van der Waals surface area (Å²) in [7, 11) is -3.86. The van der Waals surface area contributed by atoms with E-state index in [0.717, 1.165) is 42.7 Å². The Kier molecular flexibility index (Phi) is 10.7. The van der Waals surface area contributed by atoms with Gasteiger partial charge in [0.2, 0.25) is 21.8 Å². The Morgan fingerprint density at radius 3 is 2.34 bits per heavy atom. The molecule has 1 N–H and O–H groups in total. The molecule has 1 atom stereocenters. The van der Waals surface area contributed by atoms with E-state index in [1.165, 1.54) is 4.90 Å². The first-order chi connectivity index (χ1) is 17.9. The second kappa shape index (κ2) is 13.4. The van der Waals surface area contributed by atoms with Crippen LogP contribution >= 0.6 is 34.8 Å². The molecule has 0 aliphatic heterocycles. The van der Waals surface area contributed by atoms with E-state index in [1.54, 1.807) is 43.3 Å². The van der Waals surface area contributed by atoms with Gasteiger partial charge in [-0.1, -0.05) is 73.1 Å². The summed E-state index contributed by atoms with van der Waals surface area (Å²) in [6, 6.07) is 9.05. The smallest absolute Gasteiger partial charge is 0.244 e. The summed E-state index contributed by atoms with van der Waals surface area (Å²) in [5, 5.41) is 4.28. The maximum Gasteiger partial charge on any atom is 0.244 e. The van der Waals surface area contributed by atoms with Crippen molar-refractivity contribution in [2.75, 3.05) is 17.1 Å². The monoisotopic (exact) mass is 601 g/mol. The largest absolute Gasteiger partial charge is 0.352 e. The van der Waals surface area contributed by atoms with Crippen molar-refractivity contribution < 1.29 is 18.0 Å². The van der Waals surface area contributed by atoms with Crippen LogP contribution in [0.2, 0.25) is 15.1 Å². The van der Waals surface area contributed by atoms with Crippen molar-refractivity contribution >= 4 is 62.3 Å². The zero-order valence-corrected chi connectivity index (χ0v) is 24.9. The van der Waals surface area contributed by atoms with Crippen LogP contribution < -0.4 is 9.62 Å². The summed E-state index contributed by atoms with van der Waals surface area (Å²) in [4.78, 5) is 28.8.